The molecule has 0 atom stereocenters. The molecule has 1 aromatic heterocycles. The summed E-state index contributed by atoms with van der Waals surface area (Å²) in [6.45, 7) is 3.81. The van der Waals surface area contributed by atoms with Crippen LogP contribution >= 0.6 is 0 Å². The van der Waals surface area contributed by atoms with E-state index in [9.17, 15) is 9.59 Å². The van der Waals surface area contributed by atoms with Gasteiger partial charge in [0, 0.05) is 55.1 Å². The highest BCUT2D eigenvalue weighted by Gasteiger charge is 2.20. The maximum atomic E-state index is 12.5. The molecule has 2 heterocycles. The van der Waals surface area contributed by atoms with Crippen molar-refractivity contribution >= 4 is 28.3 Å². The molecule has 5 heteroatoms. The first-order valence-corrected chi connectivity index (χ1v) is 10.5. The quantitative estimate of drug-likeness (QED) is 0.650. The van der Waals surface area contributed by atoms with Crippen LogP contribution in [0.15, 0.2) is 60.8 Å². The summed E-state index contributed by atoms with van der Waals surface area (Å²) in [5, 5.41) is 4.12. The summed E-state index contributed by atoms with van der Waals surface area (Å²) in [5.41, 5.74) is 5.85. The Hall–Kier alpha value is -3.34. The molecule has 0 spiro atoms. The molecule has 2 N–H and O–H groups in total. The Kier molecular flexibility index (Phi) is 5.98. The molecule has 154 valence electrons. The van der Waals surface area contributed by atoms with Crippen LogP contribution < -0.4 is 5.32 Å². The van der Waals surface area contributed by atoms with Gasteiger partial charge < -0.3 is 15.2 Å². The number of aromatic amines is 1. The van der Waals surface area contributed by atoms with E-state index in [1.54, 1.807) is 0 Å². The number of aromatic nitrogens is 1. The molecule has 0 saturated heterocycles. The first-order chi connectivity index (χ1) is 14.6. The number of nitrogens with zero attached hydrogens (tertiary/aromatic N) is 1. The monoisotopic (exact) mass is 401 g/mol. The summed E-state index contributed by atoms with van der Waals surface area (Å²) in [6.07, 6.45) is 5.48. The van der Waals surface area contributed by atoms with E-state index in [4.69, 9.17) is 0 Å². The first-order valence-electron chi connectivity index (χ1n) is 10.5. The molecule has 0 saturated carbocycles. The summed E-state index contributed by atoms with van der Waals surface area (Å²) in [6, 6.07) is 16.3. The third-order valence-corrected chi connectivity index (χ3v) is 5.64. The molecular formula is C25H27N3O2. The van der Waals surface area contributed by atoms with Crippen LogP contribution in [0.1, 0.15) is 36.0 Å². The number of benzene rings is 2. The zero-order chi connectivity index (χ0) is 20.9. The molecule has 0 aliphatic carbocycles. The van der Waals surface area contributed by atoms with Crippen LogP contribution in [0.2, 0.25) is 0 Å². The lowest BCUT2D eigenvalue weighted by Crippen LogP contribution is -2.35. The number of amides is 2. The van der Waals surface area contributed by atoms with E-state index in [2.05, 4.69) is 34.6 Å². The zero-order valence-electron chi connectivity index (χ0n) is 17.3. The normalized spacial score (nSPS) is 13.9. The SMILES string of the molecule is Cc1cccc(CNC(=O)CCC(=O)N2CC=C(c3c[nH]c4ccccc34)CC2)c1. The van der Waals surface area contributed by atoms with E-state index in [1.807, 2.05) is 48.4 Å². The minimum Gasteiger partial charge on any atom is -0.361 e. The average Bonchev–Trinajstić information content (AvgIpc) is 3.20. The third kappa shape index (κ3) is 4.62. The standard InChI is InChI=1S/C25H27N3O2/c1-18-5-4-6-19(15-18)16-27-24(29)9-10-25(30)28-13-11-20(12-14-28)22-17-26-23-8-3-2-7-21(22)23/h2-8,11,15,17,26H,9-10,12-14,16H2,1H3,(H,27,29). The highest BCUT2D eigenvalue weighted by Crippen LogP contribution is 2.29. The molecule has 2 aromatic carbocycles. The average molecular weight is 402 g/mol. The third-order valence-electron chi connectivity index (χ3n) is 5.64. The molecule has 0 fully saturated rings. The van der Waals surface area contributed by atoms with Gasteiger partial charge >= 0.3 is 0 Å². The number of hydrogen-bond acceptors (Lipinski definition) is 2. The Bertz CT molecular complexity index is 1100. The number of fused-ring (bicyclic) bond motifs is 1. The van der Waals surface area contributed by atoms with Gasteiger partial charge in [-0.05, 0) is 30.5 Å². The fourth-order valence-corrected chi connectivity index (χ4v) is 3.97. The van der Waals surface area contributed by atoms with Crippen LogP contribution in [0.5, 0.6) is 0 Å². The predicted molar refractivity (Wildman–Crippen MR) is 120 cm³/mol. The molecule has 1 aliphatic rings. The Morgan fingerprint density at radius 2 is 1.97 bits per heavy atom. The second kappa shape index (κ2) is 8.99. The van der Waals surface area contributed by atoms with Crippen LogP contribution in [0.25, 0.3) is 16.5 Å². The predicted octanol–water partition coefficient (Wildman–Crippen LogP) is 4.19. The summed E-state index contributed by atoms with van der Waals surface area (Å²) in [4.78, 5) is 29.8. The van der Waals surface area contributed by atoms with Crippen molar-refractivity contribution in [2.24, 2.45) is 0 Å². The second-order valence-electron chi connectivity index (χ2n) is 7.83. The second-order valence-corrected chi connectivity index (χ2v) is 7.83. The van der Waals surface area contributed by atoms with Crippen molar-refractivity contribution in [3.05, 3.63) is 77.5 Å². The van der Waals surface area contributed by atoms with Gasteiger partial charge in [-0.2, -0.15) is 0 Å². The van der Waals surface area contributed by atoms with Gasteiger partial charge in [0.05, 0.1) is 0 Å². The minimum atomic E-state index is -0.0862. The van der Waals surface area contributed by atoms with Crippen molar-refractivity contribution in [2.75, 3.05) is 13.1 Å². The van der Waals surface area contributed by atoms with Crippen LogP contribution in [0.4, 0.5) is 0 Å². The summed E-state index contributed by atoms with van der Waals surface area (Å²) in [5.74, 6) is -0.0492. The smallest absolute Gasteiger partial charge is 0.223 e. The lowest BCUT2D eigenvalue weighted by atomic mass is 9.98. The molecular weight excluding hydrogens is 374 g/mol. The zero-order valence-corrected chi connectivity index (χ0v) is 17.3. The highest BCUT2D eigenvalue weighted by molar-refractivity contribution is 5.93. The van der Waals surface area contributed by atoms with Crippen LogP contribution in [0.3, 0.4) is 0 Å². The first kappa shape index (κ1) is 20.0. The van der Waals surface area contributed by atoms with Gasteiger partial charge in [0.15, 0.2) is 0 Å². The maximum absolute atomic E-state index is 12.5. The van der Waals surface area contributed by atoms with E-state index >= 15 is 0 Å². The summed E-state index contributed by atoms with van der Waals surface area (Å²) < 4.78 is 0. The van der Waals surface area contributed by atoms with Crippen LogP contribution in [-0.2, 0) is 16.1 Å². The number of rotatable bonds is 6. The van der Waals surface area contributed by atoms with Crippen molar-refractivity contribution in [1.29, 1.82) is 0 Å². The molecule has 1 aliphatic heterocycles. The van der Waals surface area contributed by atoms with E-state index < -0.39 is 0 Å². The largest absolute Gasteiger partial charge is 0.361 e. The number of H-pyrrole nitrogens is 1. The minimum absolute atomic E-state index is 0.0370. The number of nitrogens with one attached hydrogen (secondary N) is 2. The molecule has 4 rings (SSSR count). The molecule has 0 bridgehead atoms. The number of carbonyl (C=O) groups excluding carboxylic acids is 2. The molecule has 0 radical (unpaired) electrons. The summed E-state index contributed by atoms with van der Waals surface area (Å²) in [7, 11) is 0. The molecule has 0 unspecified atom stereocenters. The number of carbonyl (C=O) groups is 2. The van der Waals surface area contributed by atoms with Crippen LogP contribution in [-0.4, -0.2) is 34.8 Å². The number of aryl methyl sites for hydroxylation is 1. The Morgan fingerprint density at radius 1 is 1.10 bits per heavy atom. The van der Waals surface area contributed by atoms with Gasteiger partial charge in [-0.1, -0.05) is 54.1 Å². The number of hydrogen-bond donors (Lipinski definition) is 2. The molecule has 3 aromatic rings. The van der Waals surface area contributed by atoms with E-state index in [-0.39, 0.29) is 24.7 Å². The number of para-hydroxylation sites is 1. The van der Waals surface area contributed by atoms with E-state index in [0.29, 0.717) is 19.6 Å². The Morgan fingerprint density at radius 3 is 2.77 bits per heavy atom. The fraction of sp³-hybridized carbons (Fsp3) is 0.280. The summed E-state index contributed by atoms with van der Waals surface area (Å²) >= 11 is 0. The molecule has 30 heavy (non-hydrogen) atoms. The molecule has 2 amide bonds. The van der Waals surface area contributed by atoms with E-state index in [0.717, 1.165) is 17.5 Å². The van der Waals surface area contributed by atoms with Crippen LogP contribution in [0, 0.1) is 6.92 Å². The van der Waals surface area contributed by atoms with Gasteiger partial charge in [-0.25, -0.2) is 0 Å². The van der Waals surface area contributed by atoms with Gasteiger partial charge in [0.1, 0.15) is 0 Å². The van der Waals surface area contributed by atoms with Crippen molar-refractivity contribution in [3.63, 3.8) is 0 Å². The van der Waals surface area contributed by atoms with Gasteiger partial charge in [-0.15, -0.1) is 0 Å². The molecule has 5 nitrogen and oxygen atoms in total. The van der Waals surface area contributed by atoms with Gasteiger partial charge in [-0.3, -0.25) is 9.59 Å². The van der Waals surface area contributed by atoms with Gasteiger partial charge in [0.25, 0.3) is 0 Å². The van der Waals surface area contributed by atoms with Crippen molar-refractivity contribution in [3.8, 4) is 0 Å². The van der Waals surface area contributed by atoms with Crippen molar-refractivity contribution in [2.45, 2.75) is 32.7 Å². The fourth-order valence-electron chi connectivity index (χ4n) is 3.97. The maximum Gasteiger partial charge on any atom is 0.223 e. The van der Waals surface area contributed by atoms with E-state index in [1.165, 1.54) is 22.1 Å². The highest BCUT2D eigenvalue weighted by atomic mass is 16.2. The lowest BCUT2D eigenvalue weighted by molar-refractivity contribution is -0.133. The van der Waals surface area contributed by atoms with Crippen molar-refractivity contribution < 1.29 is 9.59 Å². The topological polar surface area (TPSA) is 65.2 Å². The Labute approximate surface area is 176 Å². The van der Waals surface area contributed by atoms with Crippen molar-refractivity contribution in [1.82, 2.24) is 15.2 Å². The lowest BCUT2D eigenvalue weighted by Gasteiger charge is -2.26. The van der Waals surface area contributed by atoms with Gasteiger partial charge in [0.2, 0.25) is 11.8 Å². The Balaban J connectivity index is 1.26.